The van der Waals surface area contributed by atoms with Gasteiger partial charge in [0.1, 0.15) is 6.54 Å². The molecule has 0 aliphatic heterocycles. The summed E-state index contributed by atoms with van der Waals surface area (Å²) in [5.41, 5.74) is -1.27. The zero-order chi connectivity index (χ0) is 21.1. The van der Waals surface area contributed by atoms with Gasteiger partial charge in [-0.3, -0.25) is 9.59 Å². The summed E-state index contributed by atoms with van der Waals surface area (Å²) in [5, 5.41) is 2.02. The van der Waals surface area contributed by atoms with Crippen molar-refractivity contribution in [2.24, 2.45) is 0 Å². The van der Waals surface area contributed by atoms with E-state index in [1.807, 2.05) is 5.32 Å². The molecule has 0 saturated heterocycles. The summed E-state index contributed by atoms with van der Waals surface area (Å²) in [4.78, 5) is 23.8. The molecule has 0 aliphatic rings. The number of benzene rings is 1. The first-order valence-corrected chi connectivity index (χ1v) is 9.69. The van der Waals surface area contributed by atoms with Crippen LogP contribution < -0.4 is 10.9 Å². The predicted octanol–water partition coefficient (Wildman–Crippen LogP) is 1.93. The largest absolute Gasteiger partial charge is 0.322 e. The van der Waals surface area contributed by atoms with Crippen LogP contribution in [-0.2, 0) is 21.4 Å². The topological polar surface area (TPSA) is 88.5 Å². The van der Waals surface area contributed by atoms with Gasteiger partial charge in [-0.15, -0.1) is 0 Å². The van der Waals surface area contributed by atoms with Crippen LogP contribution in [0.5, 0.6) is 0 Å². The number of nitrogens with zero attached hydrogens (tertiary/aromatic N) is 2. The fourth-order valence-corrected chi connectivity index (χ4v) is 3.94. The fourth-order valence-electron chi connectivity index (χ4n) is 2.47. The van der Waals surface area contributed by atoms with E-state index in [4.69, 9.17) is 0 Å². The maximum atomic E-state index is 13.6. The van der Waals surface area contributed by atoms with Crippen LogP contribution in [0.1, 0.15) is 13.8 Å². The summed E-state index contributed by atoms with van der Waals surface area (Å²) in [6.07, 6.45) is 0.997. The van der Waals surface area contributed by atoms with Gasteiger partial charge in [-0.1, -0.05) is 13.8 Å². The molecule has 152 valence electrons. The minimum Gasteiger partial charge on any atom is -0.322 e. The molecule has 1 aromatic carbocycles. The molecule has 0 aliphatic carbocycles. The summed E-state index contributed by atoms with van der Waals surface area (Å²) < 4.78 is 66.9. The van der Waals surface area contributed by atoms with E-state index in [2.05, 4.69) is 0 Å². The molecule has 28 heavy (non-hydrogen) atoms. The Kier molecular flexibility index (Phi) is 6.62. The Morgan fingerprint density at radius 1 is 1.07 bits per heavy atom. The van der Waals surface area contributed by atoms with Crippen LogP contribution in [0.15, 0.2) is 40.2 Å². The number of nitrogens with one attached hydrogen (secondary N) is 1. The Hall–Kier alpha value is -2.66. The number of rotatable bonds is 7. The first-order valence-electron chi connectivity index (χ1n) is 8.25. The molecule has 0 fully saturated rings. The minimum absolute atomic E-state index is 0.192. The van der Waals surface area contributed by atoms with Gasteiger partial charge in [0.2, 0.25) is 15.9 Å². The third-order valence-electron chi connectivity index (χ3n) is 3.92. The molecule has 0 bridgehead atoms. The molecule has 1 amide bonds. The van der Waals surface area contributed by atoms with Crippen molar-refractivity contribution in [2.75, 3.05) is 18.4 Å². The maximum Gasteiger partial charge on any atom is 0.251 e. The fraction of sp³-hybridized carbons (Fsp3) is 0.294. The van der Waals surface area contributed by atoms with Crippen LogP contribution >= 0.6 is 0 Å². The van der Waals surface area contributed by atoms with Gasteiger partial charge < -0.3 is 9.88 Å². The highest BCUT2D eigenvalue weighted by Crippen LogP contribution is 2.19. The van der Waals surface area contributed by atoms with Crippen LogP contribution in [0.25, 0.3) is 0 Å². The lowest BCUT2D eigenvalue weighted by molar-refractivity contribution is -0.116. The number of aromatic nitrogens is 1. The number of pyridine rings is 1. The Bertz CT molecular complexity index is 1050. The molecule has 1 heterocycles. The Morgan fingerprint density at radius 3 is 2.32 bits per heavy atom. The van der Waals surface area contributed by atoms with E-state index in [-0.39, 0.29) is 18.0 Å². The number of anilines is 1. The Morgan fingerprint density at radius 2 is 1.71 bits per heavy atom. The van der Waals surface area contributed by atoms with Crippen LogP contribution in [-0.4, -0.2) is 36.3 Å². The molecule has 7 nitrogen and oxygen atoms in total. The number of amides is 1. The van der Waals surface area contributed by atoms with Crippen molar-refractivity contribution in [3.63, 3.8) is 0 Å². The number of carbonyl (C=O) groups is 1. The second kappa shape index (κ2) is 8.57. The zero-order valence-electron chi connectivity index (χ0n) is 15.1. The van der Waals surface area contributed by atoms with Gasteiger partial charge in [0.15, 0.2) is 17.5 Å². The Labute approximate surface area is 159 Å². The van der Waals surface area contributed by atoms with Gasteiger partial charge in [0, 0.05) is 25.4 Å². The number of sulfonamides is 1. The predicted molar refractivity (Wildman–Crippen MR) is 95.8 cm³/mol. The molecular formula is C17H18F3N3O4S. The van der Waals surface area contributed by atoms with Crippen molar-refractivity contribution in [1.82, 2.24) is 8.87 Å². The van der Waals surface area contributed by atoms with Crippen LogP contribution in [0.2, 0.25) is 0 Å². The molecule has 0 radical (unpaired) electrons. The molecule has 0 unspecified atom stereocenters. The van der Waals surface area contributed by atoms with Gasteiger partial charge in [0.25, 0.3) is 5.56 Å². The summed E-state index contributed by atoms with van der Waals surface area (Å²) in [6.45, 7) is 3.09. The SMILES string of the molecule is CCN(CC)S(=O)(=O)c1ccc(=O)n(CC(=O)Nc2ccc(F)c(F)c2F)c1. The average Bonchev–Trinajstić information content (AvgIpc) is 2.64. The van der Waals surface area contributed by atoms with Crippen LogP contribution in [0.4, 0.5) is 18.9 Å². The second-order valence-corrected chi connectivity index (χ2v) is 7.63. The van der Waals surface area contributed by atoms with Gasteiger partial charge in [-0.2, -0.15) is 4.31 Å². The highest BCUT2D eigenvalue weighted by molar-refractivity contribution is 7.89. The van der Waals surface area contributed by atoms with E-state index in [9.17, 15) is 31.2 Å². The first kappa shape index (κ1) is 21.6. The molecule has 0 spiro atoms. The third-order valence-corrected chi connectivity index (χ3v) is 5.96. The lowest BCUT2D eigenvalue weighted by Crippen LogP contribution is -2.33. The molecule has 1 N–H and O–H groups in total. The van der Waals surface area contributed by atoms with Gasteiger partial charge >= 0.3 is 0 Å². The van der Waals surface area contributed by atoms with Crippen molar-refractivity contribution in [3.05, 3.63) is 58.3 Å². The normalized spacial score (nSPS) is 11.6. The zero-order valence-corrected chi connectivity index (χ0v) is 15.9. The van der Waals surface area contributed by atoms with Crippen molar-refractivity contribution in [1.29, 1.82) is 0 Å². The highest BCUT2D eigenvalue weighted by Gasteiger charge is 2.23. The number of hydrogen-bond donors (Lipinski definition) is 1. The molecular weight excluding hydrogens is 399 g/mol. The lowest BCUT2D eigenvalue weighted by Gasteiger charge is -2.19. The lowest BCUT2D eigenvalue weighted by atomic mass is 10.2. The number of hydrogen-bond acceptors (Lipinski definition) is 4. The molecule has 0 atom stereocenters. The quantitative estimate of drug-likeness (QED) is 0.698. The van der Waals surface area contributed by atoms with Crippen molar-refractivity contribution in [2.45, 2.75) is 25.3 Å². The van der Waals surface area contributed by atoms with E-state index in [1.54, 1.807) is 13.8 Å². The first-order chi connectivity index (χ1) is 13.1. The van der Waals surface area contributed by atoms with E-state index in [1.165, 1.54) is 4.31 Å². The van der Waals surface area contributed by atoms with E-state index >= 15 is 0 Å². The van der Waals surface area contributed by atoms with Crippen molar-refractivity contribution in [3.8, 4) is 0 Å². The molecule has 2 aromatic rings. The monoisotopic (exact) mass is 417 g/mol. The number of carbonyl (C=O) groups excluding carboxylic acids is 1. The Balaban J connectivity index is 2.28. The van der Waals surface area contributed by atoms with Gasteiger partial charge in [-0.25, -0.2) is 21.6 Å². The second-order valence-electron chi connectivity index (χ2n) is 5.69. The van der Waals surface area contributed by atoms with E-state index < -0.39 is 51.2 Å². The summed E-state index contributed by atoms with van der Waals surface area (Å²) in [6, 6.07) is 3.58. The van der Waals surface area contributed by atoms with Gasteiger partial charge in [0.05, 0.1) is 10.6 Å². The van der Waals surface area contributed by atoms with Crippen molar-refractivity contribution >= 4 is 21.6 Å². The van der Waals surface area contributed by atoms with Crippen molar-refractivity contribution < 1.29 is 26.4 Å². The smallest absolute Gasteiger partial charge is 0.251 e. The third kappa shape index (κ3) is 4.42. The highest BCUT2D eigenvalue weighted by atomic mass is 32.2. The average molecular weight is 417 g/mol. The van der Waals surface area contributed by atoms with Gasteiger partial charge in [-0.05, 0) is 18.2 Å². The van der Waals surface area contributed by atoms with E-state index in [0.29, 0.717) is 6.07 Å². The molecule has 2 rings (SSSR count). The summed E-state index contributed by atoms with van der Waals surface area (Å²) >= 11 is 0. The van der Waals surface area contributed by atoms with Crippen LogP contribution in [0.3, 0.4) is 0 Å². The molecule has 11 heteroatoms. The molecule has 0 saturated carbocycles. The summed E-state index contributed by atoms with van der Waals surface area (Å²) in [7, 11) is -3.86. The maximum absolute atomic E-state index is 13.6. The standard InChI is InChI=1S/C17H18F3N3O4S/c1-3-23(4-2)28(26,27)11-5-8-15(25)22(9-11)10-14(24)21-13-7-6-12(18)16(19)17(13)20/h5-9H,3-4,10H2,1-2H3,(H,21,24). The van der Waals surface area contributed by atoms with E-state index in [0.717, 1.165) is 29.0 Å². The van der Waals surface area contributed by atoms with Crippen LogP contribution in [0, 0.1) is 17.5 Å². The minimum atomic E-state index is -3.86. The summed E-state index contributed by atoms with van der Waals surface area (Å²) in [5.74, 6) is -5.67. The molecule has 1 aromatic heterocycles. The number of halogens is 3.